The number of ether oxygens (including phenoxy) is 3. The van der Waals surface area contributed by atoms with Gasteiger partial charge in [-0.2, -0.15) is 0 Å². The first-order chi connectivity index (χ1) is 14.2. The molecule has 0 heterocycles. The third-order valence-corrected chi connectivity index (χ3v) is 4.79. The molecule has 0 N–H and O–H groups in total. The highest BCUT2D eigenvalue weighted by Crippen LogP contribution is 2.17. The zero-order valence-corrected chi connectivity index (χ0v) is 17.1. The van der Waals surface area contributed by atoms with Crippen LogP contribution in [-0.4, -0.2) is 25.8 Å². The van der Waals surface area contributed by atoms with Crippen molar-refractivity contribution in [1.29, 1.82) is 0 Å². The molecule has 0 atom stereocenters. The summed E-state index contributed by atoms with van der Waals surface area (Å²) in [6.07, 6.45) is 2.46. The Morgan fingerprint density at radius 1 is 0.483 bits per heavy atom. The highest BCUT2D eigenvalue weighted by molar-refractivity contribution is 5.16. The molecule has 0 aromatic heterocycles. The second-order valence-electron chi connectivity index (χ2n) is 7.11. The summed E-state index contributed by atoms with van der Waals surface area (Å²) in [5.41, 5.74) is 3.72. The Morgan fingerprint density at radius 3 is 1.03 bits per heavy atom. The maximum absolute atomic E-state index is 6.07. The van der Waals surface area contributed by atoms with Crippen LogP contribution >= 0.6 is 0 Å². The van der Waals surface area contributed by atoms with Gasteiger partial charge in [0, 0.05) is 6.92 Å². The molecule has 0 amide bonds. The minimum atomic E-state index is -1.06. The third-order valence-electron chi connectivity index (χ3n) is 4.79. The van der Waals surface area contributed by atoms with Gasteiger partial charge in [0.15, 0.2) is 0 Å². The molecule has 3 rings (SSSR count). The Balaban J connectivity index is 1.51. The molecule has 0 aliphatic heterocycles. The fourth-order valence-electron chi connectivity index (χ4n) is 3.12. The second kappa shape index (κ2) is 11.5. The van der Waals surface area contributed by atoms with Gasteiger partial charge in [0.05, 0.1) is 19.8 Å². The summed E-state index contributed by atoms with van der Waals surface area (Å²) >= 11 is 0. The van der Waals surface area contributed by atoms with Crippen molar-refractivity contribution in [2.24, 2.45) is 0 Å². The lowest BCUT2D eigenvalue weighted by molar-refractivity contribution is -0.369. The van der Waals surface area contributed by atoms with Gasteiger partial charge in [-0.3, -0.25) is 0 Å². The van der Waals surface area contributed by atoms with E-state index >= 15 is 0 Å². The van der Waals surface area contributed by atoms with E-state index in [4.69, 9.17) is 14.2 Å². The van der Waals surface area contributed by atoms with Gasteiger partial charge >= 0.3 is 0 Å². The smallest absolute Gasteiger partial charge is 0.279 e. The van der Waals surface area contributed by atoms with Crippen molar-refractivity contribution in [3.63, 3.8) is 0 Å². The molecule has 3 aromatic rings. The van der Waals surface area contributed by atoms with E-state index in [-0.39, 0.29) is 0 Å². The van der Waals surface area contributed by atoms with Crippen LogP contribution in [0.1, 0.15) is 23.6 Å². The highest BCUT2D eigenvalue weighted by Gasteiger charge is 2.27. The van der Waals surface area contributed by atoms with E-state index < -0.39 is 5.97 Å². The van der Waals surface area contributed by atoms with Crippen LogP contribution in [0.25, 0.3) is 0 Å². The molecule has 0 saturated carbocycles. The number of benzene rings is 3. The Hall–Kier alpha value is -2.46. The predicted octanol–water partition coefficient (Wildman–Crippen LogP) is 5.44. The van der Waals surface area contributed by atoms with Crippen LogP contribution in [0.2, 0.25) is 0 Å². The van der Waals surface area contributed by atoms with E-state index in [2.05, 4.69) is 36.4 Å². The van der Waals surface area contributed by atoms with Gasteiger partial charge in [-0.15, -0.1) is 0 Å². The summed E-state index contributed by atoms with van der Waals surface area (Å²) in [7, 11) is 0. The topological polar surface area (TPSA) is 27.7 Å². The summed E-state index contributed by atoms with van der Waals surface area (Å²) in [6, 6.07) is 30.9. The van der Waals surface area contributed by atoms with E-state index in [9.17, 15) is 0 Å². The molecule has 0 aliphatic rings. The lowest BCUT2D eigenvalue weighted by Crippen LogP contribution is -2.38. The number of rotatable bonds is 12. The van der Waals surface area contributed by atoms with Gasteiger partial charge < -0.3 is 14.2 Å². The van der Waals surface area contributed by atoms with Gasteiger partial charge in [-0.25, -0.2) is 0 Å². The SMILES string of the molecule is CC(OCCc1ccccc1)(OCCc1ccccc1)OCCc1ccccc1. The molecule has 152 valence electrons. The maximum atomic E-state index is 6.07. The average Bonchev–Trinajstić information content (AvgIpc) is 2.76. The molecular weight excluding hydrogens is 360 g/mol. The molecule has 0 bridgehead atoms. The van der Waals surface area contributed by atoms with Crippen molar-refractivity contribution >= 4 is 0 Å². The van der Waals surface area contributed by atoms with E-state index in [1.165, 1.54) is 16.7 Å². The minimum Gasteiger partial charge on any atom is -0.327 e. The summed E-state index contributed by atoms with van der Waals surface area (Å²) in [5.74, 6) is -1.06. The fraction of sp³-hybridized carbons (Fsp3) is 0.308. The van der Waals surface area contributed by atoms with Crippen LogP contribution in [0.3, 0.4) is 0 Å². The van der Waals surface area contributed by atoms with Gasteiger partial charge in [-0.05, 0) is 36.0 Å². The first kappa shape index (κ1) is 21.3. The van der Waals surface area contributed by atoms with Crippen LogP contribution in [0.5, 0.6) is 0 Å². The van der Waals surface area contributed by atoms with Crippen LogP contribution in [-0.2, 0) is 33.5 Å². The van der Waals surface area contributed by atoms with Crippen LogP contribution in [0.4, 0.5) is 0 Å². The summed E-state index contributed by atoms with van der Waals surface area (Å²) in [5, 5.41) is 0. The standard InChI is InChI=1S/C26H30O3/c1-26(27-20-17-23-11-5-2-6-12-23,28-21-18-24-13-7-3-8-14-24)29-22-19-25-15-9-4-10-16-25/h2-16H,17-22H2,1H3. The number of hydrogen-bond donors (Lipinski definition) is 0. The molecule has 0 spiro atoms. The first-order valence-corrected chi connectivity index (χ1v) is 10.3. The Labute approximate surface area is 174 Å². The van der Waals surface area contributed by atoms with Crippen molar-refractivity contribution in [2.45, 2.75) is 32.2 Å². The van der Waals surface area contributed by atoms with Gasteiger partial charge in [-0.1, -0.05) is 91.0 Å². The molecule has 0 unspecified atom stereocenters. The molecule has 3 aromatic carbocycles. The average molecular weight is 391 g/mol. The zero-order valence-electron chi connectivity index (χ0n) is 17.1. The van der Waals surface area contributed by atoms with E-state index in [1.807, 2.05) is 61.5 Å². The Kier molecular flexibility index (Phi) is 8.44. The van der Waals surface area contributed by atoms with Crippen molar-refractivity contribution in [2.75, 3.05) is 19.8 Å². The first-order valence-electron chi connectivity index (χ1n) is 10.3. The lowest BCUT2D eigenvalue weighted by atomic mass is 10.2. The molecule has 0 aliphatic carbocycles. The molecule has 3 heteroatoms. The van der Waals surface area contributed by atoms with Gasteiger partial charge in [0.2, 0.25) is 0 Å². The number of hydrogen-bond acceptors (Lipinski definition) is 3. The normalized spacial score (nSPS) is 11.5. The summed E-state index contributed by atoms with van der Waals surface area (Å²) in [4.78, 5) is 0. The van der Waals surface area contributed by atoms with Gasteiger partial charge in [0.1, 0.15) is 0 Å². The maximum Gasteiger partial charge on any atom is 0.279 e. The lowest BCUT2D eigenvalue weighted by Gasteiger charge is -2.30. The van der Waals surface area contributed by atoms with Crippen molar-refractivity contribution < 1.29 is 14.2 Å². The highest BCUT2D eigenvalue weighted by atomic mass is 16.9. The molecular formula is C26H30O3. The zero-order chi connectivity index (χ0) is 20.2. The van der Waals surface area contributed by atoms with Gasteiger partial charge in [0.25, 0.3) is 5.97 Å². The summed E-state index contributed by atoms with van der Waals surface area (Å²) < 4.78 is 18.2. The van der Waals surface area contributed by atoms with E-state index in [0.29, 0.717) is 19.8 Å². The molecule has 0 fully saturated rings. The predicted molar refractivity (Wildman–Crippen MR) is 117 cm³/mol. The molecule has 0 radical (unpaired) electrons. The third kappa shape index (κ3) is 7.82. The van der Waals surface area contributed by atoms with Crippen LogP contribution in [0.15, 0.2) is 91.0 Å². The monoisotopic (exact) mass is 390 g/mol. The van der Waals surface area contributed by atoms with Crippen molar-refractivity contribution in [3.05, 3.63) is 108 Å². The quantitative estimate of drug-likeness (QED) is 0.386. The van der Waals surface area contributed by atoms with Crippen LogP contribution in [0, 0.1) is 0 Å². The molecule has 0 saturated heterocycles. The van der Waals surface area contributed by atoms with E-state index in [1.54, 1.807) is 0 Å². The largest absolute Gasteiger partial charge is 0.327 e. The summed E-state index contributed by atoms with van der Waals surface area (Å²) in [6.45, 7) is 3.49. The van der Waals surface area contributed by atoms with E-state index in [0.717, 1.165) is 19.3 Å². The second-order valence-corrected chi connectivity index (χ2v) is 7.11. The molecule has 3 nitrogen and oxygen atoms in total. The molecule has 29 heavy (non-hydrogen) atoms. The fourth-order valence-corrected chi connectivity index (χ4v) is 3.12. The van der Waals surface area contributed by atoms with Crippen molar-refractivity contribution in [3.8, 4) is 0 Å². The van der Waals surface area contributed by atoms with Crippen LogP contribution < -0.4 is 0 Å². The minimum absolute atomic E-state index is 0.539. The Morgan fingerprint density at radius 2 is 0.759 bits per heavy atom. The van der Waals surface area contributed by atoms with Crippen molar-refractivity contribution in [1.82, 2.24) is 0 Å². The Bertz CT molecular complexity index is 692.